The summed E-state index contributed by atoms with van der Waals surface area (Å²) in [5, 5.41) is 2.03. The zero-order valence-electron chi connectivity index (χ0n) is 12.7. The molecule has 1 aromatic carbocycles. The lowest BCUT2D eigenvalue weighted by Crippen LogP contribution is -2.24. The summed E-state index contributed by atoms with van der Waals surface area (Å²) in [5.41, 5.74) is 4.93. The van der Waals surface area contributed by atoms with E-state index in [0.29, 0.717) is 0 Å². The molecule has 3 rings (SSSR count). The molecule has 0 unspecified atom stereocenters. The molecular formula is C15H11F2N3O5. The van der Waals surface area contributed by atoms with Gasteiger partial charge in [0.1, 0.15) is 5.82 Å². The Hall–Kier alpha value is -3.43. The van der Waals surface area contributed by atoms with Gasteiger partial charge in [-0.05, 0) is 12.1 Å². The molecule has 1 aliphatic heterocycles. The molecule has 0 atom stereocenters. The Labute approximate surface area is 138 Å². The first-order chi connectivity index (χ1) is 11.8. The van der Waals surface area contributed by atoms with E-state index in [4.69, 9.17) is 10.5 Å². The summed E-state index contributed by atoms with van der Waals surface area (Å²) in [4.78, 5) is 35.8. The van der Waals surface area contributed by atoms with E-state index in [1.54, 1.807) is 0 Å². The number of aromatic nitrogens is 1. The van der Waals surface area contributed by atoms with Gasteiger partial charge in [-0.3, -0.25) is 24.3 Å². The lowest BCUT2D eigenvalue weighted by atomic mass is 10.1. The number of rotatable bonds is 4. The predicted octanol–water partition coefficient (Wildman–Crippen LogP) is 0.913. The molecule has 0 aliphatic carbocycles. The Bertz CT molecular complexity index is 955. The smallest absolute Gasteiger partial charge is 0.387 e. The molecule has 0 spiro atoms. The van der Waals surface area contributed by atoms with Crippen molar-refractivity contribution in [1.29, 1.82) is 0 Å². The maximum absolute atomic E-state index is 12.5. The molecule has 2 heterocycles. The number of carbonyl (C=O) groups excluding carboxylic acids is 2. The van der Waals surface area contributed by atoms with E-state index in [-0.39, 0.29) is 34.1 Å². The van der Waals surface area contributed by atoms with Crippen molar-refractivity contribution in [3.05, 3.63) is 45.7 Å². The minimum absolute atomic E-state index is 0.0183. The van der Waals surface area contributed by atoms with Crippen molar-refractivity contribution in [2.24, 2.45) is 0 Å². The van der Waals surface area contributed by atoms with Crippen LogP contribution in [0.2, 0.25) is 0 Å². The van der Waals surface area contributed by atoms with Gasteiger partial charge in [-0.15, -0.1) is 0 Å². The van der Waals surface area contributed by atoms with Crippen molar-refractivity contribution in [1.82, 2.24) is 9.88 Å². The number of nitrogens with zero attached hydrogens (tertiary/aromatic N) is 1. The van der Waals surface area contributed by atoms with Crippen molar-refractivity contribution in [3.8, 4) is 17.2 Å². The van der Waals surface area contributed by atoms with Gasteiger partial charge in [-0.25, -0.2) is 0 Å². The maximum Gasteiger partial charge on any atom is 0.387 e. The number of imide groups is 1. The number of halogens is 2. The normalized spacial score (nSPS) is 13.0. The number of nitrogens with two attached hydrogens (primary N) is 1. The van der Waals surface area contributed by atoms with Gasteiger partial charge < -0.3 is 15.2 Å². The minimum Gasteiger partial charge on any atom is -0.493 e. The third-order valence-electron chi connectivity index (χ3n) is 3.57. The molecule has 0 saturated carbocycles. The van der Waals surface area contributed by atoms with E-state index in [1.807, 2.05) is 5.32 Å². The van der Waals surface area contributed by atoms with E-state index in [0.717, 1.165) is 16.7 Å². The first kappa shape index (κ1) is 16.4. The number of benzene rings is 1. The number of methoxy groups -OCH3 is 1. The number of alkyl halides is 2. The Morgan fingerprint density at radius 1 is 1.12 bits per heavy atom. The van der Waals surface area contributed by atoms with E-state index in [2.05, 4.69) is 4.74 Å². The number of carbonyl (C=O) groups is 2. The summed E-state index contributed by atoms with van der Waals surface area (Å²) in [6, 6.07) is 4.74. The molecule has 8 nitrogen and oxygen atoms in total. The molecule has 1 aromatic heterocycles. The summed E-state index contributed by atoms with van der Waals surface area (Å²) in [6.45, 7) is -3.11. The van der Waals surface area contributed by atoms with Crippen molar-refractivity contribution >= 4 is 17.6 Å². The topological polar surface area (TPSA) is 113 Å². The summed E-state index contributed by atoms with van der Waals surface area (Å²) < 4.78 is 35.3. The number of pyridine rings is 1. The van der Waals surface area contributed by atoms with Gasteiger partial charge in [0, 0.05) is 12.1 Å². The van der Waals surface area contributed by atoms with Crippen LogP contribution in [0.1, 0.15) is 20.7 Å². The van der Waals surface area contributed by atoms with Crippen LogP contribution >= 0.6 is 0 Å². The molecule has 130 valence electrons. The second-order valence-corrected chi connectivity index (χ2v) is 4.99. The first-order valence-corrected chi connectivity index (χ1v) is 6.88. The monoisotopic (exact) mass is 351 g/mol. The highest BCUT2D eigenvalue weighted by molar-refractivity contribution is 6.23. The molecule has 0 radical (unpaired) electrons. The first-order valence-electron chi connectivity index (χ1n) is 6.88. The highest BCUT2D eigenvalue weighted by atomic mass is 19.3. The fraction of sp³-hybridized carbons (Fsp3) is 0.133. The standard InChI is InChI=1S/C15H11F2N3O5/c1-24-8-3-2-6(4-9(8)25-15(16)17)20-10(21)5-7-11(12(20)18)14(23)19-13(7)22/h2-5,15H,18H2,1H3,(H,19,22,23). The number of nitrogens with one attached hydrogen (secondary N) is 1. The fourth-order valence-corrected chi connectivity index (χ4v) is 2.54. The van der Waals surface area contributed by atoms with Crippen LogP contribution in [0.15, 0.2) is 29.1 Å². The van der Waals surface area contributed by atoms with Crippen molar-refractivity contribution in [2.75, 3.05) is 12.8 Å². The summed E-state index contributed by atoms with van der Waals surface area (Å²) >= 11 is 0. The zero-order chi connectivity index (χ0) is 18.3. The van der Waals surface area contributed by atoms with Crippen LogP contribution in [0.3, 0.4) is 0 Å². The number of amides is 2. The second kappa shape index (κ2) is 5.89. The number of hydrogen-bond donors (Lipinski definition) is 2. The third kappa shape index (κ3) is 2.67. The molecule has 3 N–H and O–H groups in total. The Morgan fingerprint density at radius 2 is 1.84 bits per heavy atom. The van der Waals surface area contributed by atoms with Crippen LogP contribution in [-0.4, -0.2) is 30.1 Å². The van der Waals surface area contributed by atoms with Crippen LogP contribution in [0, 0.1) is 0 Å². The minimum atomic E-state index is -3.11. The molecule has 25 heavy (non-hydrogen) atoms. The average Bonchev–Trinajstić information content (AvgIpc) is 2.81. The lowest BCUT2D eigenvalue weighted by Gasteiger charge is -2.15. The van der Waals surface area contributed by atoms with Crippen LogP contribution < -0.4 is 26.1 Å². The predicted molar refractivity (Wildman–Crippen MR) is 81.4 cm³/mol. The SMILES string of the molecule is COc1ccc(-n2c(N)c3c(cc2=O)C(=O)NC3=O)cc1OC(F)F. The van der Waals surface area contributed by atoms with Gasteiger partial charge in [0.05, 0.1) is 23.9 Å². The highest BCUT2D eigenvalue weighted by Gasteiger charge is 2.32. The van der Waals surface area contributed by atoms with Gasteiger partial charge >= 0.3 is 6.61 Å². The number of anilines is 1. The maximum atomic E-state index is 12.5. The summed E-state index contributed by atoms with van der Waals surface area (Å²) in [7, 11) is 1.26. The van der Waals surface area contributed by atoms with Crippen molar-refractivity contribution < 1.29 is 27.8 Å². The average molecular weight is 351 g/mol. The second-order valence-electron chi connectivity index (χ2n) is 4.99. The zero-order valence-corrected chi connectivity index (χ0v) is 12.7. The fourth-order valence-electron chi connectivity index (χ4n) is 2.54. The van der Waals surface area contributed by atoms with Gasteiger partial charge in [-0.1, -0.05) is 0 Å². The molecule has 1 aliphatic rings. The van der Waals surface area contributed by atoms with E-state index in [1.165, 1.54) is 19.2 Å². The molecule has 10 heteroatoms. The van der Waals surface area contributed by atoms with Gasteiger partial charge in [-0.2, -0.15) is 8.78 Å². The van der Waals surface area contributed by atoms with E-state index < -0.39 is 24.0 Å². The van der Waals surface area contributed by atoms with Crippen LogP contribution in [-0.2, 0) is 0 Å². The quantitative estimate of drug-likeness (QED) is 0.792. The van der Waals surface area contributed by atoms with E-state index >= 15 is 0 Å². The Morgan fingerprint density at radius 3 is 2.48 bits per heavy atom. The summed E-state index contributed by atoms with van der Waals surface area (Å²) in [6.07, 6.45) is 0. The largest absolute Gasteiger partial charge is 0.493 e. The number of hydrogen-bond acceptors (Lipinski definition) is 6. The lowest BCUT2D eigenvalue weighted by molar-refractivity contribution is -0.0512. The molecule has 2 aromatic rings. The van der Waals surface area contributed by atoms with Crippen molar-refractivity contribution in [3.63, 3.8) is 0 Å². The van der Waals surface area contributed by atoms with Gasteiger partial charge in [0.15, 0.2) is 11.5 Å². The van der Waals surface area contributed by atoms with Crippen LogP contribution in [0.25, 0.3) is 5.69 Å². The van der Waals surface area contributed by atoms with Gasteiger partial charge in [0.2, 0.25) is 0 Å². The molecular weight excluding hydrogens is 340 g/mol. The number of ether oxygens (including phenoxy) is 2. The van der Waals surface area contributed by atoms with Crippen LogP contribution in [0.4, 0.5) is 14.6 Å². The third-order valence-corrected chi connectivity index (χ3v) is 3.57. The molecule has 2 amide bonds. The van der Waals surface area contributed by atoms with E-state index in [9.17, 15) is 23.2 Å². The molecule has 0 bridgehead atoms. The molecule has 0 fully saturated rings. The van der Waals surface area contributed by atoms with Crippen molar-refractivity contribution in [2.45, 2.75) is 6.61 Å². The highest BCUT2D eigenvalue weighted by Crippen LogP contribution is 2.32. The molecule has 0 saturated heterocycles. The van der Waals surface area contributed by atoms with Crippen LogP contribution in [0.5, 0.6) is 11.5 Å². The van der Waals surface area contributed by atoms with Gasteiger partial charge in [0.25, 0.3) is 17.4 Å². The summed E-state index contributed by atoms with van der Waals surface area (Å²) in [5.74, 6) is -2.07. The Kier molecular flexibility index (Phi) is 3.87. The number of nitrogen functional groups attached to an aromatic ring is 1. The Balaban J connectivity index is 2.21. The number of fused-ring (bicyclic) bond motifs is 1.